The Balaban J connectivity index is 1.65. The van der Waals surface area contributed by atoms with E-state index in [0.29, 0.717) is 15.9 Å². The van der Waals surface area contributed by atoms with E-state index < -0.39 is 5.25 Å². The van der Waals surface area contributed by atoms with Gasteiger partial charge in [-0.2, -0.15) is 0 Å². The lowest BCUT2D eigenvalue weighted by molar-refractivity contribution is -0.116. The third-order valence-electron chi connectivity index (χ3n) is 5.42. The van der Waals surface area contributed by atoms with E-state index in [0.717, 1.165) is 36.2 Å². The summed E-state index contributed by atoms with van der Waals surface area (Å²) < 4.78 is 1.93. The van der Waals surface area contributed by atoms with Crippen LogP contribution >= 0.6 is 23.4 Å². The molecule has 0 saturated heterocycles. The zero-order valence-electron chi connectivity index (χ0n) is 17.9. The second-order valence-electron chi connectivity index (χ2n) is 7.68. The lowest BCUT2D eigenvalue weighted by atomic mass is 10.0. The van der Waals surface area contributed by atoms with E-state index in [-0.39, 0.29) is 11.9 Å². The van der Waals surface area contributed by atoms with Gasteiger partial charge in [-0.1, -0.05) is 67.5 Å². The number of aromatic nitrogens is 3. The number of nitrogens with one attached hydrogen (secondary N) is 2. The molecule has 0 bridgehead atoms. The molecule has 4 rings (SSSR count). The van der Waals surface area contributed by atoms with Gasteiger partial charge in [0.05, 0.1) is 6.04 Å². The maximum Gasteiger partial charge on any atom is 0.240 e. The molecular weight excluding hydrogens is 430 g/mol. The van der Waals surface area contributed by atoms with Crippen molar-refractivity contribution in [3.05, 3.63) is 70.0 Å². The Bertz CT molecular complexity index is 1080. The molecule has 2 heterocycles. The molecule has 0 saturated carbocycles. The van der Waals surface area contributed by atoms with Crippen molar-refractivity contribution >= 4 is 35.0 Å². The van der Waals surface area contributed by atoms with Crippen molar-refractivity contribution in [2.45, 2.75) is 56.5 Å². The number of anilines is 1. The SMILES string of the molecule is CCCc1nnc2n1N[C@@H](c1ccc(CC)cc1)[C@@H](C(=O)Nc1ccc(C)c(Cl)c1)S2. The summed E-state index contributed by atoms with van der Waals surface area (Å²) in [4.78, 5) is 13.3. The molecule has 1 aromatic heterocycles. The van der Waals surface area contributed by atoms with Crippen LogP contribution in [0.3, 0.4) is 0 Å². The highest BCUT2D eigenvalue weighted by molar-refractivity contribution is 8.00. The summed E-state index contributed by atoms with van der Waals surface area (Å²) in [5, 5.41) is 12.6. The fraction of sp³-hybridized carbons (Fsp3) is 0.348. The number of thioether (sulfide) groups is 1. The maximum atomic E-state index is 13.3. The number of rotatable bonds is 6. The number of carbonyl (C=O) groups is 1. The van der Waals surface area contributed by atoms with Gasteiger partial charge in [-0.3, -0.25) is 4.79 Å². The van der Waals surface area contributed by atoms with Gasteiger partial charge in [0.2, 0.25) is 11.1 Å². The van der Waals surface area contributed by atoms with Crippen molar-refractivity contribution in [2.75, 3.05) is 10.7 Å². The van der Waals surface area contributed by atoms with Crippen molar-refractivity contribution < 1.29 is 4.79 Å². The first kappa shape index (κ1) is 21.7. The Kier molecular flexibility index (Phi) is 6.53. The van der Waals surface area contributed by atoms with E-state index in [4.69, 9.17) is 11.6 Å². The van der Waals surface area contributed by atoms with E-state index in [1.54, 1.807) is 6.07 Å². The molecule has 6 nitrogen and oxygen atoms in total. The smallest absolute Gasteiger partial charge is 0.240 e. The number of benzene rings is 2. The molecular formula is C23H26ClN5OS. The third kappa shape index (κ3) is 4.57. The average Bonchev–Trinajstić information content (AvgIpc) is 3.17. The predicted octanol–water partition coefficient (Wildman–Crippen LogP) is 5.15. The lowest BCUT2D eigenvalue weighted by Crippen LogP contribution is -2.41. The highest BCUT2D eigenvalue weighted by Gasteiger charge is 2.37. The number of hydrogen-bond donors (Lipinski definition) is 2. The van der Waals surface area contributed by atoms with Gasteiger partial charge in [0.25, 0.3) is 0 Å². The first-order valence-electron chi connectivity index (χ1n) is 10.5. The van der Waals surface area contributed by atoms with Crippen molar-refractivity contribution in [3.8, 4) is 0 Å². The van der Waals surface area contributed by atoms with Gasteiger partial charge < -0.3 is 10.7 Å². The number of halogens is 1. The first-order chi connectivity index (χ1) is 15.0. The molecule has 162 valence electrons. The van der Waals surface area contributed by atoms with Crippen molar-refractivity contribution in [2.24, 2.45) is 0 Å². The fourth-order valence-electron chi connectivity index (χ4n) is 3.58. The number of hydrogen-bond acceptors (Lipinski definition) is 5. The highest BCUT2D eigenvalue weighted by Crippen LogP contribution is 2.38. The molecule has 0 fully saturated rings. The van der Waals surface area contributed by atoms with E-state index in [1.807, 2.05) is 23.7 Å². The standard InChI is InChI=1S/C23H26ClN5OS/c1-4-6-19-26-27-23-29(19)28-20(16-10-8-15(5-2)9-11-16)21(31-23)22(30)25-17-12-7-14(3)18(24)13-17/h7-13,20-21,28H,4-6H2,1-3H3,(H,25,30)/t20-,21-/m0/s1. The summed E-state index contributed by atoms with van der Waals surface area (Å²) in [5.41, 5.74) is 7.47. The molecule has 31 heavy (non-hydrogen) atoms. The number of carbonyl (C=O) groups excluding carboxylic acids is 1. The van der Waals surface area contributed by atoms with Gasteiger partial charge in [-0.25, -0.2) is 4.68 Å². The summed E-state index contributed by atoms with van der Waals surface area (Å²) in [7, 11) is 0. The normalized spacial score (nSPS) is 17.7. The van der Waals surface area contributed by atoms with Gasteiger partial charge in [0.15, 0.2) is 5.82 Å². The number of fused-ring (bicyclic) bond motifs is 1. The van der Waals surface area contributed by atoms with Crippen LogP contribution in [0.4, 0.5) is 5.69 Å². The number of aryl methyl sites for hydroxylation is 3. The van der Waals surface area contributed by atoms with Crippen LogP contribution in [0, 0.1) is 6.92 Å². The molecule has 8 heteroatoms. The van der Waals surface area contributed by atoms with Gasteiger partial charge in [0.1, 0.15) is 5.25 Å². The highest BCUT2D eigenvalue weighted by atomic mass is 35.5. The molecule has 3 aromatic rings. The van der Waals surface area contributed by atoms with Crippen LogP contribution in [0.25, 0.3) is 0 Å². The van der Waals surface area contributed by atoms with Gasteiger partial charge in [-0.05, 0) is 48.6 Å². The Morgan fingerprint density at radius 2 is 1.97 bits per heavy atom. The van der Waals surface area contributed by atoms with Gasteiger partial charge in [0, 0.05) is 17.1 Å². The molecule has 2 aromatic carbocycles. The fourth-order valence-corrected chi connectivity index (χ4v) is 4.86. The van der Waals surface area contributed by atoms with Crippen LogP contribution in [0.1, 0.15) is 48.8 Å². The van der Waals surface area contributed by atoms with Gasteiger partial charge >= 0.3 is 0 Å². The summed E-state index contributed by atoms with van der Waals surface area (Å²) in [6, 6.07) is 13.7. The lowest BCUT2D eigenvalue weighted by Gasteiger charge is -2.33. The molecule has 0 aliphatic carbocycles. The molecule has 1 aliphatic rings. The van der Waals surface area contributed by atoms with E-state index in [2.05, 4.69) is 59.1 Å². The van der Waals surface area contributed by atoms with E-state index in [1.165, 1.54) is 17.3 Å². The monoisotopic (exact) mass is 455 g/mol. The zero-order valence-corrected chi connectivity index (χ0v) is 19.4. The maximum absolute atomic E-state index is 13.3. The third-order valence-corrected chi connectivity index (χ3v) is 7.04. The Labute approximate surface area is 191 Å². The summed E-state index contributed by atoms with van der Waals surface area (Å²) in [6.45, 7) is 6.18. The van der Waals surface area contributed by atoms with Crippen LogP contribution in [0.15, 0.2) is 47.6 Å². The minimum absolute atomic E-state index is 0.103. The minimum Gasteiger partial charge on any atom is -0.325 e. The first-order valence-corrected chi connectivity index (χ1v) is 11.8. The molecule has 2 atom stereocenters. The average molecular weight is 456 g/mol. The molecule has 1 amide bonds. The largest absolute Gasteiger partial charge is 0.325 e. The van der Waals surface area contributed by atoms with Crippen LogP contribution in [0.5, 0.6) is 0 Å². The van der Waals surface area contributed by atoms with Crippen LogP contribution in [-0.4, -0.2) is 26.0 Å². The number of nitrogens with zero attached hydrogens (tertiary/aromatic N) is 3. The van der Waals surface area contributed by atoms with Crippen molar-refractivity contribution in [1.29, 1.82) is 0 Å². The second-order valence-corrected chi connectivity index (χ2v) is 9.19. The molecule has 0 unspecified atom stereocenters. The van der Waals surface area contributed by atoms with Crippen LogP contribution in [-0.2, 0) is 17.6 Å². The molecule has 2 N–H and O–H groups in total. The van der Waals surface area contributed by atoms with Crippen LogP contribution in [0.2, 0.25) is 5.02 Å². The molecule has 0 radical (unpaired) electrons. The van der Waals surface area contributed by atoms with Crippen LogP contribution < -0.4 is 10.7 Å². The quantitative estimate of drug-likeness (QED) is 0.537. The van der Waals surface area contributed by atoms with Gasteiger partial charge in [-0.15, -0.1) is 10.2 Å². The van der Waals surface area contributed by atoms with E-state index in [9.17, 15) is 4.79 Å². The number of amides is 1. The second kappa shape index (κ2) is 9.32. The van der Waals surface area contributed by atoms with Crippen molar-refractivity contribution in [1.82, 2.24) is 14.9 Å². The topological polar surface area (TPSA) is 71.8 Å². The van der Waals surface area contributed by atoms with E-state index >= 15 is 0 Å². The zero-order chi connectivity index (χ0) is 22.0. The minimum atomic E-state index is -0.418. The Hall–Kier alpha value is -2.51. The predicted molar refractivity (Wildman–Crippen MR) is 126 cm³/mol. The molecule has 0 spiro atoms. The summed E-state index contributed by atoms with van der Waals surface area (Å²) in [5.74, 6) is 0.776. The Morgan fingerprint density at radius 3 is 2.65 bits per heavy atom. The summed E-state index contributed by atoms with van der Waals surface area (Å²) in [6.07, 6.45) is 2.76. The van der Waals surface area contributed by atoms with Crippen molar-refractivity contribution in [3.63, 3.8) is 0 Å². The Morgan fingerprint density at radius 1 is 1.19 bits per heavy atom. The molecule has 1 aliphatic heterocycles. The summed E-state index contributed by atoms with van der Waals surface area (Å²) >= 11 is 7.68.